The number of hydrogen-bond donors (Lipinski definition) is 0. The molecule has 0 aliphatic heterocycles. The number of aryl methyl sites for hydroxylation is 1. The summed E-state index contributed by atoms with van der Waals surface area (Å²) in [6, 6.07) is 9.01. The zero-order valence-electron chi connectivity index (χ0n) is 10.5. The highest BCUT2D eigenvalue weighted by molar-refractivity contribution is 6.30. The Morgan fingerprint density at radius 2 is 1.95 bits per heavy atom. The van der Waals surface area contributed by atoms with Crippen LogP contribution in [0.15, 0.2) is 36.4 Å². The highest BCUT2D eigenvalue weighted by atomic mass is 35.5. The quantitative estimate of drug-likeness (QED) is 0.793. The lowest BCUT2D eigenvalue weighted by Gasteiger charge is -2.08. The Morgan fingerprint density at radius 3 is 2.58 bits per heavy atom. The molecule has 98 valence electrons. The van der Waals surface area contributed by atoms with E-state index < -0.39 is 11.6 Å². The number of halogens is 2. The Kier molecular flexibility index (Phi) is 3.86. The fourth-order valence-corrected chi connectivity index (χ4v) is 1.95. The lowest BCUT2D eigenvalue weighted by molar-refractivity contribution is 0.103. The second-order valence-corrected chi connectivity index (χ2v) is 4.57. The summed E-state index contributed by atoms with van der Waals surface area (Å²) in [6.45, 7) is 1.87. The fourth-order valence-electron chi connectivity index (χ4n) is 1.79. The second kappa shape index (κ2) is 5.41. The van der Waals surface area contributed by atoms with Gasteiger partial charge in [0.25, 0.3) is 0 Å². The molecule has 0 radical (unpaired) electrons. The van der Waals surface area contributed by atoms with Crippen LogP contribution in [0.25, 0.3) is 0 Å². The first-order chi connectivity index (χ1) is 9.02. The minimum absolute atomic E-state index is 0.00435. The van der Waals surface area contributed by atoms with Crippen molar-refractivity contribution in [3.63, 3.8) is 0 Å². The molecule has 0 aliphatic rings. The molecule has 2 rings (SSSR count). The van der Waals surface area contributed by atoms with Crippen molar-refractivity contribution in [2.24, 2.45) is 0 Å². The second-order valence-electron chi connectivity index (χ2n) is 4.14. The van der Waals surface area contributed by atoms with Gasteiger partial charge in [-0.2, -0.15) is 0 Å². The molecule has 0 N–H and O–H groups in total. The van der Waals surface area contributed by atoms with Crippen LogP contribution >= 0.6 is 11.6 Å². The number of methoxy groups -OCH3 is 1. The van der Waals surface area contributed by atoms with Crippen LogP contribution in [0.3, 0.4) is 0 Å². The summed E-state index contributed by atoms with van der Waals surface area (Å²) < 4.78 is 18.9. The minimum Gasteiger partial charge on any atom is -0.496 e. The first-order valence-corrected chi connectivity index (χ1v) is 6.05. The van der Waals surface area contributed by atoms with E-state index >= 15 is 0 Å². The summed E-state index contributed by atoms with van der Waals surface area (Å²) in [4.78, 5) is 12.2. The molecule has 0 bridgehead atoms. The molecule has 19 heavy (non-hydrogen) atoms. The van der Waals surface area contributed by atoms with Gasteiger partial charge in [-0.25, -0.2) is 4.39 Å². The van der Waals surface area contributed by atoms with Crippen molar-refractivity contribution in [1.29, 1.82) is 0 Å². The van der Waals surface area contributed by atoms with Gasteiger partial charge in [0.2, 0.25) is 0 Å². The third kappa shape index (κ3) is 2.76. The maximum atomic E-state index is 13.7. The number of benzene rings is 2. The predicted octanol–water partition coefficient (Wildman–Crippen LogP) is 4.03. The van der Waals surface area contributed by atoms with Crippen molar-refractivity contribution in [1.82, 2.24) is 0 Å². The van der Waals surface area contributed by atoms with Crippen molar-refractivity contribution >= 4 is 17.4 Å². The summed E-state index contributed by atoms with van der Waals surface area (Å²) in [6.07, 6.45) is 0. The van der Waals surface area contributed by atoms with Crippen molar-refractivity contribution in [3.8, 4) is 5.75 Å². The fraction of sp³-hybridized carbons (Fsp3) is 0.133. The van der Waals surface area contributed by atoms with Crippen molar-refractivity contribution in [2.45, 2.75) is 6.92 Å². The van der Waals surface area contributed by atoms with Crippen LogP contribution in [0.1, 0.15) is 21.5 Å². The molecule has 0 amide bonds. The molecule has 0 fully saturated rings. The maximum Gasteiger partial charge on any atom is 0.196 e. The monoisotopic (exact) mass is 278 g/mol. The lowest BCUT2D eigenvalue weighted by Crippen LogP contribution is -2.05. The van der Waals surface area contributed by atoms with E-state index in [-0.39, 0.29) is 10.6 Å². The number of carbonyl (C=O) groups excluding carboxylic acids is 1. The Hall–Kier alpha value is -1.87. The lowest BCUT2D eigenvalue weighted by atomic mass is 10.0. The zero-order chi connectivity index (χ0) is 14.0. The largest absolute Gasteiger partial charge is 0.496 e. The van der Waals surface area contributed by atoms with Crippen LogP contribution in [-0.2, 0) is 0 Å². The zero-order valence-corrected chi connectivity index (χ0v) is 11.3. The highest BCUT2D eigenvalue weighted by Gasteiger charge is 2.15. The number of ether oxygens (including phenoxy) is 1. The van der Waals surface area contributed by atoms with Gasteiger partial charge in [-0.3, -0.25) is 4.79 Å². The van der Waals surface area contributed by atoms with E-state index in [1.807, 2.05) is 6.92 Å². The van der Waals surface area contributed by atoms with Gasteiger partial charge in [0, 0.05) is 10.6 Å². The van der Waals surface area contributed by atoms with Crippen LogP contribution in [0.5, 0.6) is 5.75 Å². The molecule has 2 nitrogen and oxygen atoms in total. The van der Waals surface area contributed by atoms with Gasteiger partial charge in [0.1, 0.15) is 11.6 Å². The van der Waals surface area contributed by atoms with Crippen molar-refractivity contribution in [2.75, 3.05) is 7.11 Å². The van der Waals surface area contributed by atoms with Crippen LogP contribution in [0.2, 0.25) is 5.02 Å². The molecule has 0 heterocycles. The molecule has 0 spiro atoms. The van der Waals surface area contributed by atoms with Gasteiger partial charge in [-0.05, 0) is 36.8 Å². The van der Waals surface area contributed by atoms with Crippen molar-refractivity contribution < 1.29 is 13.9 Å². The highest BCUT2D eigenvalue weighted by Crippen LogP contribution is 2.23. The van der Waals surface area contributed by atoms with Crippen LogP contribution in [-0.4, -0.2) is 12.9 Å². The van der Waals surface area contributed by atoms with Crippen LogP contribution in [0.4, 0.5) is 4.39 Å². The third-order valence-corrected chi connectivity index (χ3v) is 3.08. The van der Waals surface area contributed by atoms with E-state index in [1.54, 1.807) is 18.2 Å². The topological polar surface area (TPSA) is 26.3 Å². The number of hydrogen-bond acceptors (Lipinski definition) is 2. The summed E-state index contributed by atoms with van der Waals surface area (Å²) >= 11 is 5.66. The molecule has 0 saturated heterocycles. The van der Waals surface area contributed by atoms with E-state index in [1.165, 1.54) is 19.2 Å². The Balaban J connectivity index is 2.44. The summed E-state index contributed by atoms with van der Waals surface area (Å²) in [5.41, 5.74) is 1.29. The molecular formula is C15H12ClFO2. The van der Waals surface area contributed by atoms with E-state index in [9.17, 15) is 9.18 Å². The maximum absolute atomic E-state index is 13.7. The average molecular weight is 279 g/mol. The number of carbonyl (C=O) groups is 1. The molecule has 0 unspecified atom stereocenters. The smallest absolute Gasteiger partial charge is 0.196 e. The van der Waals surface area contributed by atoms with E-state index in [4.69, 9.17) is 16.3 Å². The average Bonchev–Trinajstić information content (AvgIpc) is 2.38. The number of ketones is 1. The molecule has 2 aromatic rings. The molecule has 0 aromatic heterocycles. The molecule has 0 aliphatic carbocycles. The van der Waals surface area contributed by atoms with Crippen molar-refractivity contribution in [3.05, 3.63) is 63.9 Å². The van der Waals surface area contributed by atoms with Gasteiger partial charge in [-0.15, -0.1) is 0 Å². The Bertz CT molecular complexity index is 638. The number of rotatable bonds is 3. The predicted molar refractivity (Wildman–Crippen MR) is 72.6 cm³/mol. The standard InChI is InChI=1S/C15H12ClFO2/c1-9-3-4-10(7-14(9)19-2)15(18)12-6-5-11(16)8-13(12)17/h3-8H,1-2H3. The molecule has 0 atom stereocenters. The first kappa shape index (κ1) is 13.6. The van der Waals surface area contributed by atoms with Gasteiger partial charge in [0.15, 0.2) is 5.78 Å². The Labute approximate surface area is 115 Å². The SMILES string of the molecule is COc1cc(C(=O)c2ccc(Cl)cc2F)ccc1C. The Morgan fingerprint density at radius 1 is 1.21 bits per heavy atom. The first-order valence-electron chi connectivity index (χ1n) is 5.67. The van der Waals surface area contributed by atoms with Gasteiger partial charge in [0.05, 0.1) is 12.7 Å². The van der Waals surface area contributed by atoms with Crippen LogP contribution in [0, 0.1) is 12.7 Å². The summed E-state index contributed by atoms with van der Waals surface area (Å²) in [5.74, 6) is -0.426. The van der Waals surface area contributed by atoms with Gasteiger partial charge < -0.3 is 4.74 Å². The molecule has 0 saturated carbocycles. The minimum atomic E-state index is -0.628. The van der Waals surface area contributed by atoms with Crippen LogP contribution < -0.4 is 4.74 Å². The third-order valence-electron chi connectivity index (χ3n) is 2.85. The molecule has 4 heteroatoms. The van der Waals surface area contributed by atoms with E-state index in [0.717, 1.165) is 11.6 Å². The molecular weight excluding hydrogens is 267 g/mol. The summed E-state index contributed by atoms with van der Waals surface area (Å²) in [7, 11) is 1.53. The van der Waals surface area contributed by atoms with Gasteiger partial charge >= 0.3 is 0 Å². The van der Waals surface area contributed by atoms with E-state index in [0.29, 0.717) is 11.3 Å². The normalized spacial score (nSPS) is 10.3. The van der Waals surface area contributed by atoms with E-state index in [2.05, 4.69) is 0 Å². The molecule has 2 aromatic carbocycles. The van der Waals surface area contributed by atoms with Gasteiger partial charge in [-0.1, -0.05) is 23.7 Å². The summed E-state index contributed by atoms with van der Waals surface area (Å²) in [5, 5.41) is 0.260.